The van der Waals surface area contributed by atoms with Crippen molar-refractivity contribution >= 4 is 22.8 Å². The van der Waals surface area contributed by atoms with Crippen molar-refractivity contribution in [2.24, 2.45) is 0 Å². The van der Waals surface area contributed by atoms with Crippen molar-refractivity contribution in [3.05, 3.63) is 56.3 Å². The molecule has 0 aliphatic heterocycles. The highest BCUT2D eigenvalue weighted by atomic mass is 32.1. The lowest BCUT2D eigenvalue weighted by Gasteiger charge is -2.06. The molecule has 0 unspecified atom stereocenters. The number of rotatable bonds is 5. The molecule has 0 N–H and O–H groups in total. The van der Waals surface area contributed by atoms with Gasteiger partial charge in [0.15, 0.2) is 5.78 Å². The summed E-state index contributed by atoms with van der Waals surface area (Å²) >= 11 is 1.55. The summed E-state index contributed by atoms with van der Waals surface area (Å²) in [6.45, 7) is 1.66. The Hall–Kier alpha value is -2.21. The molecular formula is C13H11NO4S. The molecule has 0 aliphatic carbocycles. The van der Waals surface area contributed by atoms with Crippen LogP contribution in [0.25, 0.3) is 0 Å². The van der Waals surface area contributed by atoms with Gasteiger partial charge in [-0.2, -0.15) is 0 Å². The van der Waals surface area contributed by atoms with Gasteiger partial charge < -0.3 is 4.74 Å². The average Bonchev–Trinajstić information content (AvgIpc) is 2.88. The predicted octanol–water partition coefficient (Wildman–Crippen LogP) is 3.44. The molecule has 0 amide bonds. The highest BCUT2D eigenvalue weighted by Gasteiger charge is 2.18. The van der Waals surface area contributed by atoms with Crippen LogP contribution in [0.3, 0.4) is 0 Å². The molecule has 5 nitrogen and oxygen atoms in total. The van der Waals surface area contributed by atoms with Gasteiger partial charge in [-0.25, -0.2) is 0 Å². The minimum atomic E-state index is -0.575. The Morgan fingerprint density at radius 1 is 1.42 bits per heavy atom. The first-order chi connectivity index (χ1) is 9.08. The summed E-state index contributed by atoms with van der Waals surface area (Å²) in [5.74, 6) is 0.0432. The normalized spacial score (nSPS) is 10.2. The standard InChI is InChI=1S/C13H11NO4S/c1-9(15)12-5-4-10(7-13(12)14(16)17)18-8-11-3-2-6-19-11/h2-7H,8H2,1H3. The third-order valence-corrected chi connectivity index (χ3v) is 3.36. The zero-order valence-corrected chi connectivity index (χ0v) is 11.0. The van der Waals surface area contributed by atoms with E-state index in [0.717, 1.165) is 4.88 Å². The first-order valence-electron chi connectivity index (χ1n) is 5.52. The van der Waals surface area contributed by atoms with Gasteiger partial charge in [0, 0.05) is 4.88 Å². The molecule has 0 atom stereocenters. The lowest BCUT2D eigenvalue weighted by molar-refractivity contribution is -0.385. The summed E-state index contributed by atoms with van der Waals surface area (Å²) in [6, 6.07) is 8.10. The van der Waals surface area contributed by atoms with Crippen LogP contribution in [0.5, 0.6) is 5.75 Å². The van der Waals surface area contributed by atoms with Gasteiger partial charge in [-0.3, -0.25) is 14.9 Å². The van der Waals surface area contributed by atoms with E-state index >= 15 is 0 Å². The van der Waals surface area contributed by atoms with Gasteiger partial charge in [-0.05, 0) is 30.5 Å². The molecule has 0 aliphatic rings. The van der Waals surface area contributed by atoms with Crippen LogP contribution in [-0.2, 0) is 6.61 Å². The number of carbonyl (C=O) groups is 1. The van der Waals surface area contributed by atoms with Crippen LogP contribution in [0.15, 0.2) is 35.7 Å². The number of ether oxygens (including phenoxy) is 1. The number of Topliss-reactive ketones (excluding diaryl/α,β-unsaturated/α-hetero) is 1. The van der Waals surface area contributed by atoms with E-state index < -0.39 is 4.92 Å². The number of ketones is 1. The third kappa shape index (κ3) is 3.17. The molecule has 1 aromatic carbocycles. The van der Waals surface area contributed by atoms with E-state index in [-0.39, 0.29) is 17.0 Å². The van der Waals surface area contributed by atoms with Crippen LogP contribution >= 0.6 is 11.3 Å². The van der Waals surface area contributed by atoms with Crippen molar-refractivity contribution in [3.63, 3.8) is 0 Å². The van der Waals surface area contributed by atoms with E-state index in [9.17, 15) is 14.9 Å². The van der Waals surface area contributed by atoms with Crippen LogP contribution in [-0.4, -0.2) is 10.7 Å². The number of hydrogen-bond donors (Lipinski definition) is 0. The van der Waals surface area contributed by atoms with Gasteiger partial charge in [-0.15, -0.1) is 11.3 Å². The number of nitro benzene ring substituents is 1. The molecule has 0 fully saturated rings. The highest BCUT2D eigenvalue weighted by molar-refractivity contribution is 7.09. The Balaban J connectivity index is 2.20. The average molecular weight is 277 g/mol. The van der Waals surface area contributed by atoms with Crippen molar-refractivity contribution in [3.8, 4) is 5.75 Å². The second kappa shape index (κ2) is 5.62. The largest absolute Gasteiger partial charge is 0.488 e. The molecule has 1 heterocycles. The van der Waals surface area contributed by atoms with Crippen LogP contribution in [0.1, 0.15) is 22.2 Å². The summed E-state index contributed by atoms with van der Waals surface area (Å²) < 4.78 is 5.47. The molecule has 6 heteroatoms. The number of nitrogens with zero attached hydrogens (tertiary/aromatic N) is 1. The van der Waals surface area contributed by atoms with Crippen molar-refractivity contribution in [1.82, 2.24) is 0 Å². The predicted molar refractivity (Wildman–Crippen MR) is 71.8 cm³/mol. The van der Waals surface area contributed by atoms with E-state index in [1.807, 2.05) is 17.5 Å². The Bertz CT molecular complexity index is 607. The topological polar surface area (TPSA) is 69.4 Å². The van der Waals surface area contributed by atoms with E-state index in [0.29, 0.717) is 12.4 Å². The Kier molecular flexibility index (Phi) is 3.91. The number of nitro groups is 1. The van der Waals surface area contributed by atoms with Crippen LogP contribution in [0, 0.1) is 10.1 Å². The van der Waals surface area contributed by atoms with Crippen molar-refractivity contribution < 1.29 is 14.5 Å². The molecule has 19 heavy (non-hydrogen) atoms. The van der Waals surface area contributed by atoms with E-state index in [1.54, 1.807) is 17.4 Å². The summed E-state index contributed by atoms with van der Waals surface area (Å²) in [7, 11) is 0. The minimum Gasteiger partial charge on any atom is -0.488 e. The Morgan fingerprint density at radius 3 is 2.79 bits per heavy atom. The fraction of sp³-hybridized carbons (Fsp3) is 0.154. The van der Waals surface area contributed by atoms with Gasteiger partial charge in [-0.1, -0.05) is 6.07 Å². The molecule has 2 rings (SSSR count). The minimum absolute atomic E-state index is 0.0912. The van der Waals surface area contributed by atoms with Crippen molar-refractivity contribution in [2.45, 2.75) is 13.5 Å². The fourth-order valence-corrected chi connectivity index (χ4v) is 2.22. The summed E-state index contributed by atoms with van der Waals surface area (Å²) in [5, 5.41) is 12.8. The second-order valence-electron chi connectivity index (χ2n) is 3.86. The molecular weight excluding hydrogens is 266 g/mol. The molecule has 1 aromatic heterocycles. The Labute approximate surface area is 113 Å². The quantitative estimate of drug-likeness (QED) is 0.477. The fourth-order valence-electron chi connectivity index (χ4n) is 1.60. The molecule has 98 valence electrons. The lowest BCUT2D eigenvalue weighted by Crippen LogP contribution is -2.01. The van der Waals surface area contributed by atoms with Gasteiger partial charge in [0.2, 0.25) is 0 Å². The van der Waals surface area contributed by atoms with Crippen LogP contribution in [0.2, 0.25) is 0 Å². The van der Waals surface area contributed by atoms with Crippen LogP contribution in [0.4, 0.5) is 5.69 Å². The number of carbonyl (C=O) groups excluding carboxylic acids is 1. The van der Waals surface area contributed by atoms with Crippen molar-refractivity contribution in [2.75, 3.05) is 0 Å². The third-order valence-electron chi connectivity index (χ3n) is 2.51. The van der Waals surface area contributed by atoms with E-state index in [2.05, 4.69) is 0 Å². The maximum atomic E-state index is 11.3. The molecule has 0 spiro atoms. The number of benzene rings is 1. The number of thiophene rings is 1. The first kappa shape index (κ1) is 13.2. The zero-order valence-electron chi connectivity index (χ0n) is 10.2. The molecule has 0 bridgehead atoms. The van der Waals surface area contributed by atoms with E-state index in [4.69, 9.17) is 4.74 Å². The van der Waals surface area contributed by atoms with Gasteiger partial charge in [0.1, 0.15) is 12.4 Å². The summed E-state index contributed by atoms with van der Waals surface area (Å²) in [6.07, 6.45) is 0. The molecule has 0 radical (unpaired) electrons. The highest BCUT2D eigenvalue weighted by Crippen LogP contribution is 2.26. The van der Waals surface area contributed by atoms with E-state index in [1.165, 1.54) is 19.1 Å². The second-order valence-corrected chi connectivity index (χ2v) is 4.89. The zero-order chi connectivity index (χ0) is 13.8. The molecule has 2 aromatic rings. The van der Waals surface area contributed by atoms with Crippen molar-refractivity contribution in [1.29, 1.82) is 0 Å². The molecule has 0 saturated carbocycles. The summed E-state index contributed by atoms with van der Waals surface area (Å²) in [5.41, 5.74) is -0.135. The first-order valence-corrected chi connectivity index (χ1v) is 6.40. The van der Waals surface area contributed by atoms with Gasteiger partial charge >= 0.3 is 0 Å². The summed E-state index contributed by atoms with van der Waals surface area (Å²) in [4.78, 5) is 22.6. The Morgan fingerprint density at radius 2 is 2.21 bits per heavy atom. The SMILES string of the molecule is CC(=O)c1ccc(OCc2cccs2)cc1[N+](=O)[O-]. The number of hydrogen-bond acceptors (Lipinski definition) is 5. The lowest BCUT2D eigenvalue weighted by atomic mass is 10.1. The maximum Gasteiger partial charge on any atom is 0.283 e. The molecule has 0 saturated heterocycles. The van der Waals surface area contributed by atoms with Gasteiger partial charge in [0.25, 0.3) is 5.69 Å². The van der Waals surface area contributed by atoms with Gasteiger partial charge in [0.05, 0.1) is 16.6 Å². The maximum absolute atomic E-state index is 11.3. The van der Waals surface area contributed by atoms with Crippen LogP contribution < -0.4 is 4.74 Å². The smallest absolute Gasteiger partial charge is 0.283 e. The monoisotopic (exact) mass is 277 g/mol.